The Morgan fingerprint density at radius 2 is 1.89 bits per heavy atom. The summed E-state index contributed by atoms with van der Waals surface area (Å²) in [6.07, 6.45) is 3.92. The van der Waals surface area contributed by atoms with Crippen molar-refractivity contribution in [3.05, 3.63) is 59.7 Å². The lowest BCUT2D eigenvalue weighted by atomic mass is 10.1. The molecule has 0 atom stereocenters. The molecule has 0 aliphatic heterocycles. The van der Waals surface area contributed by atoms with E-state index in [4.69, 9.17) is 0 Å². The third-order valence-corrected chi connectivity index (χ3v) is 4.99. The Morgan fingerprint density at radius 1 is 1.19 bits per heavy atom. The van der Waals surface area contributed by atoms with E-state index in [1.807, 2.05) is 48.7 Å². The summed E-state index contributed by atoms with van der Waals surface area (Å²) in [7, 11) is 1.95. The second-order valence-corrected chi connectivity index (χ2v) is 7.37. The molecule has 144 valence electrons. The molecule has 2 aromatic rings. The summed E-state index contributed by atoms with van der Waals surface area (Å²) in [5, 5.41) is 0. The average molecular weight is 371 g/mol. The van der Waals surface area contributed by atoms with Gasteiger partial charge in [-0.2, -0.15) is 0 Å². The first-order valence-electron chi connectivity index (χ1n) is 9.33. The Morgan fingerprint density at radius 3 is 2.44 bits per heavy atom. The van der Waals surface area contributed by atoms with Gasteiger partial charge in [0.2, 0.25) is 5.91 Å². The van der Waals surface area contributed by atoms with E-state index in [1.54, 1.807) is 12.1 Å². The van der Waals surface area contributed by atoms with Crippen LogP contribution in [0.4, 0.5) is 4.39 Å². The molecule has 1 aromatic heterocycles. The van der Waals surface area contributed by atoms with Gasteiger partial charge in [-0.05, 0) is 51.0 Å². The van der Waals surface area contributed by atoms with Crippen LogP contribution in [0.15, 0.2) is 42.6 Å². The molecule has 1 aliphatic rings. The van der Waals surface area contributed by atoms with Crippen molar-refractivity contribution in [2.24, 2.45) is 7.05 Å². The molecular formula is C21H26FN3O2. The largest absolute Gasteiger partial charge is 0.353 e. The number of benzene rings is 1. The Labute approximate surface area is 159 Å². The van der Waals surface area contributed by atoms with Crippen LogP contribution in [0.3, 0.4) is 0 Å². The van der Waals surface area contributed by atoms with Crippen molar-refractivity contribution >= 4 is 11.8 Å². The van der Waals surface area contributed by atoms with Gasteiger partial charge in [0.25, 0.3) is 5.91 Å². The van der Waals surface area contributed by atoms with Crippen LogP contribution in [0.5, 0.6) is 0 Å². The molecule has 1 aliphatic carbocycles. The fourth-order valence-corrected chi connectivity index (χ4v) is 3.16. The first-order chi connectivity index (χ1) is 12.9. The minimum atomic E-state index is -0.566. The van der Waals surface area contributed by atoms with Crippen LogP contribution in [-0.2, 0) is 18.4 Å². The average Bonchev–Trinajstić information content (AvgIpc) is 3.39. The van der Waals surface area contributed by atoms with Crippen molar-refractivity contribution in [1.82, 2.24) is 14.4 Å². The number of halogens is 1. The highest BCUT2D eigenvalue weighted by Crippen LogP contribution is 2.29. The van der Waals surface area contributed by atoms with Crippen LogP contribution in [0.2, 0.25) is 0 Å². The quantitative estimate of drug-likeness (QED) is 0.750. The highest BCUT2D eigenvalue weighted by Gasteiger charge is 2.35. The van der Waals surface area contributed by atoms with Crippen molar-refractivity contribution in [3.63, 3.8) is 0 Å². The molecule has 1 heterocycles. The highest BCUT2D eigenvalue weighted by atomic mass is 19.1. The summed E-state index contributed by atoms with van der Waals surface area (Å²) in [4.78, 5) is 29.2. The van der Waals surface area contributed by atoms with E-state index in [-0.39, 0.29) is 30.1 Å². The zero-order valence-corrected chi connectivity index (χ0v) is 16.1. The number of amides is 2. The first kappa shape index (κ1) is 19.1. The fourth-order valence-electron chi connectivity index (χ4n) is 3.16. The molecule has 27 heavy (non-hydrogen) atoms. The van der Waals surface area contributed by atoms with Crippen LogP contribution < -0.4 is 0 Å². The van der Waals surface area contributed by atoms with Gasteiger partial charge in [0.05, 0.1) is 12.1 Å². The van der Waals surface area contributed by atoms with Crippen LogP contribution in [0.1, 0.15) is 42.7 Å². The van der Waals surface area contributed by atoms with Crippen LogP contribution in [-0.4, -0.2) is 44.8 Å². The van der Waals surface area contributed by atoms with Gasteiger partial charge in [-0.1, -0.05) is 12.1 Å². The molecule has 0 saturated heterocycles. The highest BCUT2D eigenvalue weighted by molar-refractivity contribution is 5.97. The zero-order chi connectivity index (χ0) is 19.6. The van der Waals surface area contributed by atoms with E-state index in [0.29, 0.717) is 6.54 Å². The predicted molar refractivity (Wildman–Crippen MR) is 102 cm³/mol. The monoisotopic (exact) mass is 371 g/mol. The lowest BCUT2D eigenvalue weighted by Gasteiger charge is -2.30. The summed E-state index contributed by atoms with van der Waals surface area (Å²) >= 11 is 0. The SMILES string of the molecule is CC(C)N(CC(=O)N(Cc1cccn1C)C1CC1)C(=O)c1ccccc1F. The molecule has 0 N–H and O–H groups in total. The van der Waals surface area contributed by atoms with E-state index in [0.717, 1.165) is 18.5 Å². The van der Waals surface area contributed by atoms with Gasteiger partial charge in [-0.15, -0.1) is 0 Å². The number of aryl methyl sites for hydroxylation is 1. The number of hydrogen-bond acceptors (Lipinski definition) is 2. The first-order valence-corrected chi connectivity index (χ1v) is 9.33. The molecule has 0 radical (unpaired) electrons. The smallest absolute Gasteiger partial charge is 0.257 e. The van der Waals surface area contributed by atoms with Crippen molar-refractivity contribution in [3.8, 4) is 0 Å². The summed E-state index contributed by atoms with van der Waals surface area (Å²) in [6.45, 7) is 4.15. The maximum absolute atomic E-state index is 14.0. The number of carbonyl (C=O) groups is 2. The number of hydrogen-bond donors (Lipinski definition) is 0. The minimum Gasteiger partial charge on any atom is -0.353 e. The topological polar surface area (TPSA) is 45.6 Å². The van der Waals surface area contributed by atoms with Gasteiger partial charge in [0.1, 0.15) is 12.4 Å². The van der Waals surface area contributed by atoms with Crippen molar-refractivity contribution in [2.75, 3.05) is 6.54 Å². The molecule has 2 amide bonds. The Balaban J connectivity index is 1.76. The summed E-state index contributed by atoms with van der Waals surface area (Å²) in [6, 6.07) is 9.86. The van der Waals surface area contributed by atoms with Crippen LogP contribution in [0, 0.1) is 5.82 Å². The summed E-state index contributed by atoms with van der Waals surface area (Å²) in [5.41, 5.74) is 1.05. The number of aromatic nitrogens is 1. The van der Waals surface area contributed by atoms with E-state index in [9.17, 15) is 14.0 Å². The number of carbonyl (C=O) groups excluding carboxylic acids is 2. The molecule has 5 nitrogen and oxygen atoms in total. The molecule has 0 unspecified atom stereocenters. The van der Waals surface area contributed by atoms with Crippen molar-refractivity contribution in [1.29, 1.82) is 0 Å². The molecular weight excluding hydrogens is 345 g/mol. The lowest BCUT2D eigenvalue weighted by molar-refractivity contribution is -0.133. The lowest BCUT2D eigenvalue weighted by Crippen LogP contribution is -2.46. The van der Waals surface area contributed by atoms with E-state index >= 15 is 0 Å². The van der Waals surface area contributed by atoms with E-state index < -0.39 is 11.7 Å². The molecule has 0 spiro atoms. The van der Waals surface area contributed by atoms with Gasteiger partial charge in [0.15, 0.2) is 0 Å². The third-order valence-electron chi connectivity index (χ3n) is 4.99. The standard InChI is InChI=1S/C21H26FN3O2/c1-15(2)24(21(27)18-8-4-5-9-19(18)22)14-20(26)25(16-10-11-16)13-17-7-6-12-23(17)3/h4-9,12,15-16H,10-11,13-14H2,1-3H3. The number of rotatable bonds is 7. The van der Waals surface area contributed by atoms with Gasteiger partial charge in [0, 0.05) is 31.0 Å². The zero-order valence-electron chi connectivity index (χ0n) is 16.1. The van der Waals surface area contributed by atoms with Gasteiger partial charge in [-0.25, -0.2) is 4.39 Å². The van der Waals surface area contributed by atoms with E-state index in [1.165, 1.54) is 17.0 Å². The molecule has 3 rings (SSSR count). The fraction of sp³-hybridized carbons (Fsp3) is 0.429. The van der Waals surface area contributed by atoms with Gasteiger partial charge < -0.3 is 14.4 Å². The Kier molecular flexibility index (Phi) is 5.63. The minimum absolute atomic E-state index is 0.000550. The van der Waals surface area contributed by atoms with Crippen molar-refractivity contribution in [2.45, 2.75) is 45.3 Å². The normalized spacial score (nSPS) is 13.7. The van der Waals surface area contributed by atoms with Crippen LogP contribution in [0.25, 0.3) is 0 Å². The second kappa shape index (κ2) is 7.94. The second-order valence-electron chi connectivity index (χ2n) is 7.37. The van der Waals surface area contributed by atoms with Gasteiger partial charge in [-0.3, -0.25) is 9.59 Å². The molecule has 1 saturated carbocycles. The third kappa shape index (κ3) is 4.38. The van der Waals surface area contributed by atoms with Crippen molar-refractivity contribution < 1.29 is 14.0 Å². The predicted octanol–water partition coefficient (Wildman–Crippen LogP) is 3.21. The summed E-state index contributed by atoms with van der Waals surface area (Å²) in [5.74, 6) is -1.12. The summed E-state index contributed by atoms with van der Waals surface area (Å²) < 4.78 is 16.0. The Hall–Kier alpha value is -2.63. The maximum Gasteiger partial charge on any atom is 0.257 e. The molecule has 6 heteroatoms. The maximum atomic E-state index is 14.0. The number of nitrogens with zero attached hydrogens (tertiary/aromatic N) is 3. The molecule has 0 bridgehead atoms. The Bertz CT molecular complexity index is 826. The van der Waals surface area contributed by atoms with E-state index in [2.05, 4.69) is 0 Å². The molecule has 1 aromatic carbocycles. The van der Waals surface area contributed by atoms with Gasteiger partial charge >= 0.3 is 0 Å². The van der Waals surface area contributed by atoms with Crippen LogP contribution >= 0.6 is 0 Å². The molecule has 1 fully saturated rings.